The van der Waals surface area contributed by atoms with Gasteiger partial charge < -0.3 is 14.8 Å². The molecule has 2 aromatic rings. The van der Waals surface area contributed by atoms with Gasteiger partial charge in [0.1, 0.15) is 5.75 Å². The number of thiazole rings is 1. The molecule has 0 bridgehead atoms. The molecule has 0 spiro atoms. The molecule has 7 heteroatoms. The average Bonchev–Trinajstić information content (AvgIpc) is 3.01. The quantitative estimate of drug-likeness (QED) is 0.691. The van der Waals surface area contributed by atoms with Gasteiger partial charge in [-0.15, -0.1) is 11.3 Å². The molecular formula is C20H26N2O4S. The van der Waals surface area contributed by atoms with Crippen molar-refractivity contribution in [2.24, 2.45) is 0 Å². The largest absolute Gasteiger partial charge is 0.493 e. The molecule has 1 amide bonds. The Labute approximate surface area is 163 Å². The third kappa shape index (κ3) is 7.02. The minimum Gasteiger partial charge on any atom is -0.493 e. The molecule has 1 N–H and O–H groups in total. The van der Waals surface area contributed by atoms with Crippen LogP contribution in [0.5, 0.6) is 5.75 Å². The van der Waals surface area contributed by atoms with Crippen molar-refractivity contribution in [3.05, 3.63) is 40.9 Å². The lowest BCUT2D eigenvalue weighted by molar-refractivity contribution is -0.142. The van der Waals surface area contributed by atoms with Gasteiger partial charge in [-0.3, -0.25) is 9.59 Å². The van der Waals surface area contributed by atoms with Crippen molar-refractivity contribution in [1.82, 2.24) is 4.98 Å². The van der Waals surface area contributed by atoms with Crippen LogP contribution in [-0.2, 0) is 26.2 Å². The second-order valence-corrected chi connectivity index (χ2v) is 7.90. The Morgan fingerprint density at radius 1 is 1.19 bits per heavy atom. The normalized spacial score (nSPS) is 11.1. The lowest BCUT2D eigenvalue weighted by atomic mass is 9.87. The Bertz CT molecular complexity index is 763. The number of rotatable bonds is 8. The summed E-state index contributed by atoms with van der Waals surface area (Å²) in [7, 11) is 0. The number of esters is 1. The summed E-state index contributed by atoms with van der Waals surface area (Å²) in [4.78, 5) is 27.7. The fraction of sp³-hybridized carbons (Fsp3) is 0.450. The molecule has 0 saturated heterocycles. The summed E-state index contributed by atoms with van der Waals surface area (Å²) in [6.07, 6.45) is 0.321. The fourth-order valence-electron chi connectivity index (χ4n) is 2.30. The van der Waals surface area contributed by atoms with Crippen molar-refractivity contribution in [1.29, 1.82) is 0 Å². The maximum absolute atomic E-state index is 12.0. The Hall–Kier alpha value is -2.41. The van der Waals surface area contributed by atoms with Crippen LogP contribution in [0.1, 0.15) is 45.4 Å². The summed E-state index contributed by atoms with van der Waals surface area (Å²) in [5.74, 6) is 0.228. The van der Waals surface area contributed by atoms with Gasteiger partial charge in [0.25, 0.3) is 0 Å². The maximum Gasteiger partial charge on any atom is 0.311 e. The fourth-order valence-corrected chi connectivity index (χ4v) is 3.03. The van der Waals surface area contributed by atoms with Gasteiger partial charge in [0.2, 0.25) is 5.91 Å². The Morgan fingerprint density at radius 3 is 2.52 bits per heavy atom. The van der Waals surface area contributed by atoms with Crippen LogP contribution in [0.4, 0.5) is 5.13 Å². The number of aromatic nitrogens is 1. The molecular weight excluding hydrogens is 364 g/mol. The van der Waals surface area contributed by atoms with Crippen LogP contribution < -0.4 is 10.1 Å². The van der Waals surface area contributed by atoms with Crippen molar-refractivity contribution >= 4 is 28.3 Å². The summed E-state index contributed by atoms with van der Waals surface area (Å²) in [5, 5.41) is 4.92. The van der Waals surface area contributed by atoms with Crippen molar-refractivity contribution < 1.29 is 19.1 Å². The predicted molar refractivity (Wildman–Crippen MR) is 106 cm³/mol. The van der Waals surface area contributed by atoms with Gasteiger partial charge in [-0.1, -0.05) is 32.9 Å². The van der Waals surface area contributed by atoms with Crippen LogP contribution in [0.25, 0.3) is 0 Å². The monoisotopic (exact) mass is 390 g/mol. The highest BCUT2D eigenvalue weighted by molar-refractivity contribution is 7.13. The number of carbonyl (C=O) groups is 2. The number of nitrogens with one attached hydrogen (secondary N) is 1. The first-order chi connectivity index (χ1) is 12.8. The smallest absolute Gasteiger partial charge is 0.311 e. The Morgan fingerprint density at radius 2 is 1.89 bits per heavy atom. The van der Waals surface area contributed by atoms with E-state index in [4.69, 9.17) is 9.47 Å². The average molecular weight is 391 g/mol. The number of benzene rings is 1. The van der Waals surface area contributed by atoms with Crippen LogP contribution in [-0.4, -0.2) is 30.1 Å². The minimum atomic E-state index is -0.327. The van der Waals surface area contributed by atoms with Gasteiger partial charge in [0.05, 0.1) is 31.7 Å². The molecule has 1 aromatic heterocycles. The van der Waals surface area contributed by atoms with E-state index >= 15 is 0 Å². The first-order valence-electron chi connectivity index (χ1n) is 8.91. The van der Waals surface area contributed by atoms with Crippen LogP contribution in [0.15, 0.2) is 29.6 Å². The van der Waals surface area contributed by atoms with Crippen molar-refractivity contribution in [3.63, 3.8) is 0 Å². The van der Waals surface area contributed by atoms with E-state index in [0.717, 1.165) is 5.75 Å². The second-order valence-electron chi connectivity index (χ2n) is 7.05. The van der Waals surface area contributed by atoms with Crippen molar-refractivity contribution in [2.75, 3.05) is 18.5 Å². The number of hydrogen-bond acceptors (Lipinski definition) is 6. The molecule has 0 atom stereocenters. The summed E-state index contributed by atoms with van der Waals surface area (Å²) in [6, 6.07) is 7.91. The van der Waals surface area contributed by atoms with E-state index in [9.17, 15) is 9.59 Å². The van der Waals surface area contributed by atoms with Crippen LogP contribution in [0.3, 0.4) is 0 Å². The third-order valence-electron chi connectivity index (χ3n) is 3.75. The molecule has 0 saturated carbocycles. The van der Waals surface area contributed by atoms with Gasteiger partial charge in [-0.2, -0.15) is 0 Å². The maximum atomic E-state index is 12.0. The number of amides is 1. The van der Waals surface area contributed by atoms with Gasteiger partial charge in [-0.05, 0) is 30.0 Å². The molecule has 6 nitrogen and oxygen atoms in total. The van der Waals surface area contributed by atoms with E-state index in [1.165, 1.54) is 16.9 Å². The first-order valence-corrected chi connectivity index (χ1v) is 9.79. The van der Waals surface area contributed by atoms with E-state index in [-0.39, 0.29) is 36.7 Å². The number of nitrogens with zero attached hydrogens (tertiary/aromatic N) is 1. The summed E-state index contributed by atoms with van der Waals surface area (Å²) in [6.45, 7) is 8.84. The summed E-state index contributed by atoms with van der Waals surface area (Å²) in [5.41, 5.74) is 1.91. The van der Waals surface area contributed by atoms with Crippen molar-refractivity contribution in [3.8, 4) is 5.75 Å². The highest BCUT2D eigenvalue weighted by Gasteiger charge is 2.13. The number of anilines is 1. The molecule has 1 heterocycles. The molecule has 0 radical (unpaired) electrons. The zero-order chi connectivity index (χ0) is 19.9. The minimum absolute atomic E-state index is 0.0955. The topological polar surface area (TPSA) is 77.5 Å². The zero-order valence-electron chi connectivity index (χ0n) is 16.2. The Balaban J connectivity index is 1.75. The van der Waals surface area contributed by atoms with E-state index in [1.54, 1.807) is 12.3 Å². The molecule has 0 fully saturated rings. The zero-order valence-corrected chi connectivity index (χ0v) is 17.0. The molecule has 146 valence electrons. The van der Waals surface area contributed by atoms with Gasteiger partial charge >= 0.3 is 5.97 Å². The Kier molecular flexibility index (Phi) is 7.36. The van der Waals surface area contributed by atoms with E-state index < -0.39 is 0 Å². The molecule has 0 unspecified atom stereocenters. The van der Waals surface area contributed by atoms with Gasteiger partial charge in [-0.25, -0.2) is 4.98 Å². The summed E-state index contributed by atoms with van der Waals surface area (Å²) >= 11 is 1.28. The van der Waals surface area contributed by atoms with Crippen LogP contribution in [0.2, 0.25) is 0 Å². The standard InChI is InChI=1S/C20H26N2O4S/c1-5-25-18(24)12-15-13-27-19(21-15)22-17(23)10-11-26-16-8-6-14(7-9-16)20(2,3)4/h6-9,13H,5,10-12H2,1-4H3,(H,21,22,23). The molecule has 0 aliphatic rings. The first kappa shape index (κ1) is 20.9. The van der Waals surface area contributed by atoms with Crippen LogP contribution in [0, 0.1) is 0 Å². The molecule has 0 aliphatic heterocycles. The molecule has 2 rings (SSSR count). The summed E-state index contributed by atoms with van der Waals surface area (Å²) < 4.78 is 10.5. The highest BCUT2D eigenvalue weighted by Crippen LogP contribution is 2.24. The van der Waals surface area contributed by atoms with Crippen LogP contribution >= 0.6 is 11.3 Å². The highest BCUT2D eigenvalue weighted by atomic mass is 32.1. The third-order valence-corrected chi connectivity index (χ3v) is 4.55. The lowest BCUT2D eigenvalue weighted by Gasteiger charge is -2.19. The molecule has 0 aliphatic carbocycles. The van der Waals surface area contributed by atoms with Crippen molar-refractivity contribution in [2.45, 2.75) is 46.0 Å². The SMILES string of the molecule is CCOC(=O)Cc1csc(NC(=O)CCOc2ccc(C(C)(C)C)cc2)n1. The predicted octanol–water partition coefficient (Wildman–Crippen LogP) is 3.95. The van der Waals surface area contributed by atoms with Gasteiger partial charge in [0.15, 0.2) is 5.13 Å². The number of carbonyl (C=O) groups excluding carboxylic acids is 2. The number of hydrogen-bond donors (Lipinski definition) is 1. The van der Waals surface area contributed by atoms with E-state index in [2.05, 4.69) is 31.1 Å². The molecule has 1 aromatic carbocycles. The van der Waals surface area contributed by atoms with E-state index in [1.807, 2.05) is 24.3 Å². The van der Waals surface area contributed by atoms with Gasteiger partial charge in [0, 0.05) is 5.38 Å². The second kappa shape index (κ2) is 9.50. The molecule has 27 heavy (non-hydrogen) atoms. The number of ether oxygens (including phenoxy) is 2. The van der Waals surface area contributed by atoms with E-state index in [0.29, 0.717) is 17.4 Å². The lowest BCUT2D eigenvalue weighted by Crippen LogP contribution is -2.15.